The number of piperazine rings is 1. The van der Waals surface area contributed by atoms with Gasteiger partial charge in [-0.2, -0.15) is 0 Å². The second kappa shape index (κ2) is 10.1. The first-order valence-electron chi connectivity index (χ1n) is 12.1. The number of benzene rings is 3. The highest BCUT2D eigenvalue weighted by Crippen LogP contribution is 2.52. The first-order chi connectivity index (χ1) is 17.2. The van der Waals surface area contributed by atoms with E-state index in [1.807, 2.05) is 60.7 Å². The van der Waals surface area contributed by atoms with Gasteiger partial charge < -0.3 is 19.1 Å². The van der Waals surface area contributed by atoms with Crippen LogP contribution in [-0.2, 0) is 19.7 Å². The number of para-hydroxylation sites is 1. The number of hydrogen-bond donors (Lipinski definition) is 0. The Kier molecular flexibility index (Phi) is 6.75. The molecule has 5 rings (SSSR count). The number of anilines is 1. The summed E-state index contributed by atoms with van der Waals surface area (Å²) >= 11 is 0. The minimum absolute atomic E-state index is 0.199. The van der Waals surface area contributed by atoms with Gasteiger partial charge in [-0.25, -0.2) is 0 Å². The highest BCUT2D eigenvalue weighted by Gasteiger charge is 2.64. The summed E-state index contributed by atoms with van der Waals surface area (Å²) in [5.41, 5.74) is 2.31. The maximum absolute atomic E-state index is 13.8. The van der Waals surface area contributed by atoms with Crippen molar-refractivity contribution in [1.29, 1.82) is 0 Å². The van der Waals surface area contributed by atoms with E-state index in [1.165, 1.54) is 5.69 Å². The molecular weight excluding hydrogens is 440 g/mol. The monoisotopic (exact) mass is 472 g/mol. The number of rotatable bonds is 8. The van der Waals surface area contributed by atoms with Crippen molar-refractivity contribution >= 4 is 11.7 Å². The molecule has 1 aliphatic carbocycles. The lowest BCUT2D eigenvalue weighted by molar-refractivity contribution is -0.165. The molecule has 1 heterocycles. The molecule has 35 heavy (non-hydrogen) atoms. The van der Waals surface area contributed by atoms with Crippen LogP contribution in [0.15, 0.2) is 84.9 Å². The summed E-state index contributed by atoms with van der Waals surface area (Å²) in [6, 6.07) is 28.1. The smallest absolute Gasteiger partial charge is 0.321 e. The predicted octanol–water partition coefficient (Wildman–Crippen LogP) is 4.42. The summed E-state index contributed by atoms with van der Waals surface area (Å²) in [7, 11) is 3.29. The van der Waals surface area contributed by atoms with Crippen LogP contribution in [0.1, 0.15) is 23.8 Å². The van der Waals surface area contributed by atoms with E-state index in [9.17, 15) is 4.79 Å². The fourth-order valence-corrected chi connectivity index (χ4v) is 5.07. The Morgan fingerprint density at radius 2 is 1.49 bits per heavy atom. The quantitative estimate of drug-likeness (QED) is 0.453. The third-order valence-electron chi connectivity index (χ3n) is 7.22. The summed E-state index contributed by atoms with van der Waals surface area (Å²) in [4.78, 5) is 18.4. The van der Waals surface area contributed by atoms with E-state index in [-0.39, 0.29) is 12.1 Å². The average Bonchev–Trinajstić information content (AvgIpc) is 3.69. The highest BCUT2D eigenvalue weighted by molar-refractivity contribution is 5.88. The van der Waals surface area contributed by atoms with Crippen molar-refractivity contribution in [2.75, 3.05) is 45.3 Å². The number of methoxy groups -OCH3 is 2. The molecule has 1 unspecified atom stereocenters. The summed E-state index contributed by atoms with van der Waals surface area (Å²) in [6.07, 6.45) is -0.0394. The number of carbonyl (C=O) groups excluding carboxylic acids is 1. The second-order valence-electron chi connectivity index (χ2n) is 9.16. The normalized spacial score (nSPS) is 22.9. The van der Waals surface area contributed by atoms with E-state index >= 15 is 0 Å². The SMILES string of the molecule is COc1ccc([C@]2(C(=O)OC(c3ccccc3)N3CCN(c4ccccc4)CC3)C[C@H]2OC)cc1. The van der Waals surface area contributed by atoms with E-state index in [4.69, 9.17) is 14.2 Å². The molecule has 0 bridgehead atoms. The van der Waals surface area contributed by atoms with Crippen molar-refractivity contribution in [2.45, 2.75) is 24.2 Å². The van der Waals surface area contributed by atoms with Crippen LogP contribution in [0, 0.1) is 0 Å². The lowest BCUT2D eigenvalue weighted by atomic mass is 9.95. The van der Waals surface area contributed by atoms with Crippen LogP contribution in [0.4, 0.5) is 5.69 Å². The Labute approximate surface area is 207 Å². The third kappa shape index (κ3) is 4.64. The van der Waals surface area contributed by atoms with Crippen molar-refractivity contribution in [3.8, 4) is 5.75 Å². The fourth-order valence-electron chi connectivity index (χ4n) is 5.07. The van der Waals surface area contributed by atoms with Gasteiger partial charge in [-0.3, -0.25) is 9.69 Å². The first kappa shape index (κ1) is 23.4. The number of carbonyl (C=O) groups is 1. The Morgan fingerprint density at radius 1 is 0.857 bits per heavy atom. The van der Waals surface area contributed by atoms with Crippen molar-refractivity contribution in [2.24, 2.45) is 0 Å². The van der Waals surface area contributed by atoms with Gasteiger partial charge in [0.2, 0.25) is 0 Å². The molecule has 6 heteroatoms. The summed E-state index contributed by atoms with van der Waals surface area (Å²) in [6.45, 7) is 3.33. The van der Waals surface area contributed by atoms with Crippen LogP contribution in [0.3, 0.4) is 0 Å². The molecule has 0 radical (unpaired) electrons. The van der Waals surface area contributed by atoms with Crippen LogP contribution in [0.25, 0.3) is 0 Å². The molecule has 0 N–H and O–H groups in total. The number of hydrogen-bond acceptors (Lipinski definition) is 6. The average molecular weight is 473 g/mol. The molecule has 1 aliphatic heterocycles. The molecule has 3 aromatic carbocycles. The Bertz CT molecular complexity index is 1110. The van der Waals surface area contributed by atoms with Crippen LogP contribution in [0.2, 0.25) is 0 Å². The molecular formula is C29H32N2O4. The van der Waals surface area contributed by atoms with Gasteiger partial charge in [0.15, 0.2) is 6.23 Å². The standard InChI is InChI=1S/C29H32N2O4/c1-33-25-15-13-23(14-16-25)29(21-26(29)34-2)28(32)35-27(22-9-5-3-6-10-22)31-19-17-30(18-20-31)24-11-7-4-8-12-24/h3-16,26-27H,17-21H2,1-2H3/t26-,27?,29-/m1/s1. The molecule has 3 atom stereocenters. The van der Waals surface area contributed by atoms with Crippen molar-refractivity contribution in [3.63, 3.8) is 0 Å². The second-order valence-corrected chi connectivity index (χ2v) is 9.16. The van der Waals surface area contributed by atoms with E-state index in [1.54, 1.807) is 14.2 Å². The maximum Gasteiger partial charge on any atom is 0.321 e. The van der Waals surface area contributed by atoms with Gasteiger partial charge in [0.05, 0.1) is 13.2 Å². The Morgan fingerprint density at radius 3 is 2.06 bits per heavy atom. The molecule has 1 saturated heterocycles. The highest BCUT2D eigenvalue weighted by atomic mass is 16.6. The van der Waals surface area contributed by atoms with Crippen molar-refractivity contribution < 1.29 is 19.0 Å². The van der Waals surface area contributed by atoms with E-state index in [0.29, 0.717) is 6.42 Å². The van der Waals surface area contributed by atoms with E-state index < -0.39 is 11.6 Å². The molecule has 2 aliphatic rings. The molecule has 182 valence electrons. The molecule has 6 nitrogen and oxygen atoms in total. The third-order valence-corrected chi connectivity index (χ3v) is 7.22. The summed E-state index contributed by atoms with van der Waals surface area (Å²) in [5.74, 6) is 0.513. The van der Waals surface area contributed by atoms with E-state index in [2.05, 4.69) is 34.1 Å². The topological polar surface area (TPSA) is 51.2 Å². The van der Waals surface area contributed by atoms with Crippen LogP contribution in [-0.4, -0.2) is 57.4 Å². The van der Waals surface area contributed by atoms with Gasteiger partial charge in [0.25, 0.3) is 0 Å². The maximum atomic E-state index is 13.8. The largest absolute Gasteiger partial charge is 0.497 e. The number of nitrogens with zero attached hydrogens (tertiary/aromatic N) is 2. The van der Waals surface area contributed by atoms with Gasteiger partial charge in [0.1, 0.15) is 11.2 Å². The molecule has 0 amide bonds. The van der Waals surface area contributed by atoms with Gasteiger partial charge in [-0.15, -0.1) is 0 Å². The van der Waals surface area contributed by atoms with E-state index in [0.717, 1.165) is 43.1 Å². The lowest BCUT2D eigenvalue weighted by Gasteiger charge is -2.40. The summed E-state index contributed by atoms with van der Waals surface area (Å²) in [5, 5.41) is 0. The zero-order valence-corrected chi connectivity index (χ0v) is 20.3. The Balaban J connectivity index is 1.36. The fraction of sp³-hybridized carbons (Fsp3) is 0.345. The van der Waals surface area contributed by atoms with Crippen LogP contribution in [0.5, 0.6) is 5.75 Å². The van der Waals surface area contributed by atoms with Crippen molar-refractivity contribution in [1.82, 2.24) is 4.90 Å². The van der Waals surface area contributed by atoms with Gasteiger partial charge in [-0.05, 0) is 36.2 Å². The van der Waals surface area contributed by atoms with Crippen LogP contribution >= 0.6 is 0 Å². The number of esters is 1. The molecule has 0 spiro atoms. The zero-order valence-electron chi connectivity index (χ0n) is 20.3. The lowest BCUT2D eigenvalue weighted by Crippen LogP contribution is -2.49. The molecule has 0 aromatic heterocycles. The Hall–Kier alpha value is -3.35. The first-order valence-corrected chi connectivity index (χ1v) is 12.1. The summed E-state index contributed by atoms with van der Waals surface area (Å²) < 4.78 is 17.3. The zero-order chi connectivity index (χ0) is 24.3. The molecule has 3 aromatic rings. The molecule has 1 saturated carbocycles. The molecule has 2 fully saturated rings. The van der Waals surface area contributed by atoms with Gasteiger partial charge in [-0.1, -0.05) is 60.7 Å². The minimum atomic E-state index is -0.792. The van der Waals surface area contributed by atoms with Crippen LogP contribution < -0.4 is 9.64 Å². The van der Waals surface area contributed by atoms with Gasteiger partial charge >= 0.3 is 5.97 Å². The van der Waals surface area contributed by atoms with Gasteiger partial charge in [0, 0.05) is 44.5 Å². The predicted molar refractivity (Wildman–Crippen MR) is 136 cm³/mol. The number of ether oxygens (including phenoxy) is 3. The minimum Gasteiger partial charge on any atom is -0.497 e. The van der Waals surface area contributed by atoms with Crippen molar-refractivity contribution in [3.05, 3.63) is 96.1 Å².